The van der Waals surface area contributed by atoms with E-state index in [4.69, 9.17) is 0 Å². The third-order valence-electron chi connectivity index (χ3n) is 3.99. The minimum absolute atomic E-state index is 0.571. The Labute approximate surface area is 103 Å². The molecule has 3 heterocycles. The number of nitrogens with zero attached hydrogens (tertiary/aromatic N) is 3. The maximum atomic E-state index is 4.26. The lowest BCUT2D eigenvalue weighted by atomic mass is 10.1. The summed E-state index contributed by atoms with van der Waals surface area (Å²) in [6.07, 6.45) is 10.6. The molecule has 3 rings (SSSR count). The van der Waals surface area contributed by atoms with Gasteiger partial charge < -0.3 is 0 Å². The predicted octanol–water partition coefficient (Wildman–Crippen LogP) is 2.62. The highest BCUT2D eigenvalue weighted by atomic mass is 15.6. The fourth-order valence-electron chi connectivity index (χ4n) is 3.14. The van der Waals surface area contributed by atoms with Gasteiger partial charge in [0, 0.05) is 32.0 Å². The van der Waals surface area contributed by atoms with Crippen molar-refractivity contribution in [3.05, 3.63) is 30.1 Å². The topological polar surface area (TPSA) is 19.4 Å². The Hall–Kier alpha value is -0.930. The second kappa shape index (κ2) is 5.15. The van der Waals surface area contributed by atoms with Gasteiger partial charge in [0.1, 0.15) is 0 Å². The molecule has 1 atom stereocenters. The summed E-state index contributed by atoms with van der Waals surface area (Å²) in [6, 6.07) is 4.85. The highest BCUT2D eigenvalue weighted by molar-refractivity contribution is 5.15. The van der Waals surface area contributed by atoms with Crippen molar-refractivity contribution in [1.82, 2.24) is 15.0 Å². The molecular weight excluding hydrogens is 210 g/mol. The van der Waals surface area contributed by atoms with Crippen LogP contribution in [0.1, 0.15) is 43.7 Å². The van der Waals surface area contributed by atoms with Gasteiger partial charge in [0.2, 0.25) is 0 Å². The molecule has 1 aromatic heterocycles. The molecule has 0 spiro atoms. The van der Waals surface area contributed by atoms with Crippen LogP contribution in [0.15, 0.2) is 24.5 Å². The first kappa shape index (κ1) is 11.2. The zero-order valence-electron chi connectivity index (χ0n) is 10.4. The van der Waals surface area contributed by atoms with Gasteiger partial charge in [0.25, 0.3) is 0 Å². The van der Waals surface area contributed by atoms with Gasteiger partial charge in [-0.3, -0.25) is 4.98 Å². The minimum Gasteiger partial charge on any atom is -0.264 e. The summed E-state index contributed by atoms with van der Waals surface area (Å²) in [7, 11) is 0. The Balaban J connectivity index is 1.75. The second-order valence-electron chi connectivity index (χ2n) is 5.12. The molecule has 0 aliphatic carbocycles. The van der Waals surface area contributed by atoms with Gasteiger partial charge in [-0.25, -0.2) is 10.0 Å². The highest BCUT2D eigenvalue weighted by Gasteiger charge is 2.31. The van der Waals surface area contributed by atoms with Crippen LogP contribution in [0, 0.1) is 0 Å². The van der Waals surface area contributed by atoms with Crippen LogP contribution < -0.4 is 0 Å². The van der Waals surface area contributed by atoms with Crippen LogP contribution in [0.5, 0.6) is 0 Å². The maximum Gasteiger partial charge on any atom is 0.0511 e. The average molecular weight is 231 g/mol. The number of rotatable bonds is 2. The average Bonchev–Trinajstić information content (AvgIpc) is 2.90. The van der Waals surface area contributed by atoms with Crippen LogP contribution in [-0.2, 0) is 0 Å². The number of hydrogen-bond acceptors (Lipinski definition) is 3. The normalized spacial score (nSPS) is 27.4. The first-order chi connectivity index (χ1) is 8.45. The molecule has 3 nitrogen and oxygen atoms in total. The van der Waals surface area contributed by atoms with Crippen molar-refractivity contribution >= 4 is 0 Å². The number of piperidine rings is 1. The number of aromatic nitrogens is 1. The fraction of sp³-hybridized carbons (Fsp3) is 0.643. The molecule has 1 aromatic rings. The summed E-state index contributed by atoms with van der Waals surface area (Å²) in [5.74, 6) is 0. The van der Waals surface area contributed by atoms with Crippen molar-refractivity contribution in [2.24, 2.45) is 0 Å². The van der Waals surface area contributed by atoms with E-state index in [0.717, 1.165) is 0 Å². The van der Waals surface area contributed by atoms with E-state index in [9.17, 15) is 0 Å². The van der Waals surface area contributed by atoms with E-state index in [-0.39, 0.29) is 0 Å². The first-order valence-electron chi connectivity index (χ1n) is 6.86. The van der Waals surface area contributed by atoms with Crippen LogP contribution in [0.4, 0.5) is 0 Å². The molecule has 0 N–H and O–H groups in total. The van der Waals surface area contributed by atoms with E-state index in [1.807, 2.05) is 12.4 Å². The van der Waals surface area contributed by atoms with Gasteiger partial charge in [0.05, 0.1) is 6.04 Å². The van der Waals surface area contributed by atoms with Crippen LogP contribution in [0.25, 0.3) is 0 Å². The standard InChI is InChI=1S/C14H21N3/c1-2-9-16(10-3-1)17-11-5-7-14(17)13-6-4-8-15-12-13/h4,6,8,12,14H,1-3,5,7,9-11H2. The van der Waals surface area contributed by atoms with E-state index in [1.165, 1.54) is 57.3 Å². The van der Waals surface area contributed by atoms with Crippen LogP contribution in [0.2, 0.25) is 0 Å². The van der Waals surface area contributed by atoms with Gasteiger partial charge in [-0.1, -0.05) is 12.5 Å². The maximum absolute atomic E-state index is 4.26. The lowest BCUT2D eigenvalue weighted by Gasteiger charge is -2.38. The van der Waals surface area contributed by atoms with Gasteiger partial charge in [-0.2, -0.15) is 0 Å². The molecule has 2 saturated heterocycles. The lowest BCUT2D eigenvalue weighted by Crippen LogP contribution is -2.44. The molecule has 92 valence electrons. The van der Waals surface area contributed by atoms with Crippen molar-refractivity contribution < 1.29 is 0 Å². The van der Waals surface area contributed by atoms with Gasteiger partial charge in [-0.15, -0.1) is 0 Å². The Bertz CT molecular complexity index is 346. The van der Waals surface area contributed by atoms with E-state index in [2.05, 4.69) is 27.1 Å². The van der Waals surface area contributed by atoms with Crippen LogP contribution >= 0.6 is 0 Å². The van der Waals surface area contributed by atoms with Crippen molar-refractivity contribution in [1.29, 1.82) is 0 Å². The predicted molar refractivity (Wildman–Crippen MR) is 68.3 cm³/mol. The SMILES string of the molecule is c1cncc(C2CCCN2N2CCCCC2)c1. The third kappa shape index (κ3) is 2.35. The van der Waals surface area contributed by atoms with E-state index >= 15 is 0 Å². The monoisotopic (exact) mass is 231 g/mol. The summed E-state index contributed by atoms with van der Waals surface area (Å²) in [4.78, 5) is 4.26. The quantitative estimate of drug-likeness (QED) is 0.780. The smallest absolute Gasteiger partial charge is 0.0511 e. The van der Waals surface area contributed by atoms with E-state index in [1.54, 1.807) is 0 Å². The molecular formula is C14H21N3. The molecule has 0 aromatic carbocycles. The van der Waals surface area contributed by atoms with Crippen molar-refractivity contribution in [3.8, 4) is 0 Å². The van der Waals surface area contributed by atoms with E-state index in [0.29, 0.717) is 6.04 Å². The van der Waals surface area contributed by atoms with E-state index < -0.39 is 0 Å². The number of hydrogen-bond donors (Lipinski definition) is 0. The third-order valence-corrected chi connectivity index (χ3v) is 3.99. The minimum atomic E-state index is 0.571. The second-order valence-corrected chi connectivity index (χ2v) is 5.12. The number of pyridine rings is 1. The van der Waals surface area contributed by atoms with Crippen LogP contribution in [-0.4, -0.2) is 34.6 Å². The van der Waals surface area contributed by atoms with Crippen LogP contribution in [0.3, 0.4) is 0 Å². The summed E-state index contributed by atoms with van der Waals surface area (Å²) < 4.78 is 0. The molecule has 17 heavy (non-hydrogen) atoms. The summed E-state index contributed by atoms with van der Waals surface area (Å²) in [5, 5.41) is 5.17. The molecule has 0 bridgehead atoms. The molecule has 1 unspecified atom stereocenters. The van der Waals surface area contributed by atoms with Crippen molar-refractivity contribution in [3.63, 3.8) is 0 Å². The Morgan fingerprint density at radius 3 is 2.71 bits per heavy atom. The number of hydrazine groups is 1. The summed E-state index contributed by atoms with van der Waals surface area (Å²) in [5.41, 5.74) is 1.38. The molecule has 3 heteroatoms. The fourth-order valence-corrected chi connectivity index (χ4v) is 3.14. The summed E-state index contributed by atoms with van der Waals surface area (Å²) in [6.45, 7) is 3.72. The largest absolute Gasteiger partial charge is 0.264 e. The highest BCUT2D eigenvalue weighted by Crippen LogP contribution is 2.33. The van der Waals surface area contributed by atoms with Crippen molar-refractivity contribution in [2.45, 2.75) is 38.1 Å². The van der Waals surface area contributed by atoms with Crippen molar-refractivity contribution in [2.75, 3.05) is 19.6 Å². The Morgan fingerprint density at radius 2 is 1.94 bits per heavy atom. The van der Waals surface area contributed by atoms with Gasteiger partial charge >= 0.3 is 0 Å². The molecule has 0 amide bonds. The molecule has 2 aliphatic heterocycles. The summed E-state index contributed by atoms with van der Waals surface area (Å²) >= 11 is 0. The molecule has 0 radical (unpaired) electrons. The first-order valence-corrected chi connectivity index (χ1v) is 6.86. The van der Waals surface area contributed by atoms with Gasteiger partial charge in [0.15, 0.2) is 0 Å². The zero-order chi connectivity index (χ0) is 11.5. The van der Waals surface area contributed by atoms with Gasteiger partial charge in [-0.05, 0) is 37.3 Å². The zero-order valence-corrected chi connectivity index (χ0v) is 10.4. The Kier molecular flexibility index (Phi) is 3.39. The molecule has 2 fully saturated rings. The molecule has 2 aliphatic rings. The Morgan fingerprint density at radius 1 is 1.06 bits per heavy atom. The molecule has 0 saturated carbocycles. The lowest BCUT2D eigenvalue weighted by molar-refractivity contribution is -0.0510.